The van der Waals surface area contributed by atoms with Crippen LogP contribution in [0.4, 0.5) is 0 Å². The minimum Gasteiger partial charge on any atom is -0.503 e. The zero-order chi connectivity index (χ0) is 15.4. The van der Waals surface area contributed by atoms with Crippen molar-refractivity contribution in [1.29, 1.82) is 0 Å². The first-order chi connectivity index (χ1) is 9.14. The van der Waals surface area contributed by atoms with Gasteiger partial charge in [-0.1, -0.05) is 59.7 Å². The first-order valence-corrected chi connectivity index (χ1v) is 8.46. The molecule has 3 nitrogen and oxygen atoms in total. The van der Waals surface area contributed by atoms with E-state index >= 15 is 0 Å². The highest BCUT2D eigenvalue weighted by atomic mass is 28.3. The SMILES string of the molecule is CO[SiH](Oc1ccccc1)OC(C(C)(C)C)C(C)(C)C. The van der Waals surface area contributed by atoms with Crippen molar-refractivity contribution >= 4 is 9.53 Å². The molecule has 0 aliphatic heterocycles. The Bertz CT molecular complexity index is 378. The molecule has 0 aliphatic rings. The van der Waals surface area contributed by atoms with Crippen LogP contribution < -0.4 is 4.43 Å². The summed E-state index contributed by atoms with van der Waals surface area (Å²) in [5, 5.41) is 0. The number of para-hydroxylation sites is 1. The molecule has 114 valence electrons. The van der Waals surface area contributed by atoms with Crippen molar-refractivity contribution in [2.24, 2.45) is 10.8 Å². The lowest BCUT2D eigenvalue weighted by Gasteiger charge is -2.41. The third kappa shape index (κ3) is 5.27. The highest BCUT2D eigenvalue weighted by molar-refractivity contribution is 6.37. The molecule has 0 saturated heterocycles. The lowest BCUT2D eigenvalue weighted by Crippen LogP contribution is -2.46. The lowest BCUT2D eigenvalue weighted by molar-refractivity contribution is -0.0339. The van der Waals surface area contributed by atoms with Crippen LogP contribution in [0.3, 0.4) is 0 Å². The third-order valence-electron chi connectivity index (χ3n) is 2.99. The summed E-state index contributed by atoms with van der Waals surface area (Å²) in [4.78, 5) is 0. The lowest BCUT2D eigenvalue weighted by atomic mass is 9.74. The van der Waals surface area contributed by atoms with Gasteiger partial charge in [0.25, 0.3) is 0 Å². The van der Waals surface area contributed by atoms with E-state index in [4.69, 9.17) is 13.3 Å². The topological polar surface area (TPSA) is 27.7 Å². The molecule has 4 heteroatoms. The second-order valence-corrected chi connectivity index (χ2v) is 8.76. The Balaban J connectivity index is 2.80. The third-order valence-corrected chi connectivity index (χ3v) is 4.33. The number of hydrogen-bond donors (Lipinski definition) is 0. The van der Waals surface area contributed by atoms with Crippen molar-refractivity contribution in [2.45, 2.75) is 47.6 Å². The molecule has 1 aromatic rings. The fraction of sp³-hybridized carbons (Fsp3) is 0.625. The molecular formula is C16H28O3Si. The summed E-state index contributed by atoms with van der Waals surface area (Å²) in [5.41, 5.74) is 0.0597. The van der Waals surface area contributed by atoms with Crippen molar-refractivity contribution < 1.29 is 13.3 Å². The van der Waals surface area contributed by atoms with Crippen molar-refractivity contribution in [3.05, 3.63) is 30.3 Å². The average Bonchev–Trinajstić information content (AvgIpc) is 2.32. The first kappa shape index (κ1) is 17.2. The van der Waals surface area contributed by atoms with E-state index in [1.807, 2.05) is 30.3 Å². The van der Waals surface area contributed by atoms with Gasteiger partial charge in [-0.05, 0) is 23.0 Å². The highest BCUT2D eigenvalue weighted by Gasteiger charge is 2.39. The van der Waals surface area contributed by atoms with Gasteiger partial charge in [-0.15, -0.1) is 0 Å². The molecule has 0 fully saturated rings. The van der Waals surface area contributed by atoms with Gasteiger partial charge < -0.3 is 13.3 Å². The monoisotopic (exact) mass is 296 g/mol. The van der Waals surface area contributed by atoms with Crippen LogP contribution in [-0.4, -0.2) is 22.7 Å². The minimum atomic E-state index is -2.20. The van der Waals surface area contributed by atoms with Crippen molar-refractivity contribution in [3.63, 3.8) is 0 Å². The molecule has 0 radical (unpaired) electrons. The maximum atomic E-state index is 6.23. The molecule has 1 unspecified atom stereocenters. The van der Waals surface area contributed by atoms with Crippen LogP contribution in [0.2, 0.25) is 0 Å². The quantitative estimate of drug-likeness (QED) is 0.771. The van der Waals surface area contributed by atoms with Gasteiger partial charge in [-0.3, -0.25) is 0 Å². The van der Waals surface area contributed by atoms with Crippen LogP contribution in [0.1, 0.15) is 41.5 Å². The second-order valence-electron chi connectivity index (χ2n) is 7.20. The van der Waals surface area contributed by atoms with Gasteiger partial charge in [-0.2, -0.15) is 0 Å². The van der Waals surface area contributed by atoms with Crippen LogP contribution in [0.15, 0.2) is 30.3 Å². The molecule has 1 aromatic carbocycles. The van der Waals surface area contributed by atoms with Gasteiger partial charge in [0.2, 0.25) is 0 Å². The summed E-state index contributed by atoms with van der Waals surface area (Å²) in [6, 6.07) is 9.70. The maximum absolute atomic E-state index is 6.23. The number of hydrogen-bond acceptors (Lipinski definition) is 3. The second kappa shape index (κ2) is 6.74. The van der Waals surface area contributed by atoms with Crippen LogP contribution in [0, 0.1) is 10.8 Å². The smallest absolute Gasteiger partial charge is 0.503 e. The standard InChI is InChI=1S/C16H28O3Si/c1-15(2,3)14(16(4,5)6)19-20(17-7)18-13-11-9-8-10-12-13/h8-12,14,20H,1-7H3. The molecule has 0 spiro atoms. The number of rotatable bonds is 5. The minimum absolute atomic E-state index is 0.0298. The van der Waals surface area contributed by atoms with Crippen molar-refractivity contribution in [2.75, 3.05) is 7.11 Å². The molecule has 0 bridgehead atoms. The maximum Gasteiger partial charge on any atom is 0.549 e. The van der Waals surface area contributed by atoms with Crippen molar-refractivity contribution in [1.82, 2.24) is 0 Å². The molecule has 1 atom stereocenters. The molecule has 0 saturated carbocycles. The largest absolute Gasteiger partial charge is 0.549 e. The van der Waals surface area contributed by atoms with E-state index in [1.54, 1.807) is 7.11 Å². The van der Waals surface area contributed by atoms with E-state index in [2.05, 4.69) is 41.5 Å². The van der Waals surface area contributed by atoms with Gasteiger partial charge in [0, 0.05) is 7.11 Å². The molecule has 0 amide bonds. The van der Waals surface area contributed by atoms with Gasteiger partial charge in [-0.25, -0.2) is 0 Å². The van der Waals surface area contributed by atoms with E-state index in [0.29, 0.717) is 0 Å². The van der Waals surface area contributed by atoms with E-state index in [-0.39, 0.29) is 16.9 Å². The molecule has 0 aliphatic carbocycles. The average molecular weight is 296 g/mol. The summed E-state index contributed by atoms with van der Waals surface area (Å²) in [6.45, 7) is 13.1. The molecule has 0 heterocycles. The van der Waals surface area contributed by atoms with E-state index in [1.165, 1.54) is 0 Å². The number of benzene rings is 1. The van der Waals surface area contributed by atoms with Crippen LogP contribution in [-0.2, 0) is 8.85 Å². The molecule has 0 aromatic heterocycles. The Kier molecular flexibility index (Phi) is 5.80. The summed E-state index contributed by atoms with van der Waals surface area (Å²) in [5.74, 6) is 0.799. The Hall–Kier alpha value is -0.843. The summed E-state index contributed by atoms with van der Waals surface area (Å²) in [7, 11) is -0.542. The summed E-state index contributed by atoms with van der Waals surface area (Å²) in [6.07, 6.45) is 0.0651. The molecule has 0 N–H and O–H groups in total. The van der Waals surface area contributed by atoms with Gasteiger partial charge >= 0.3 is 9.53 Å². The first-order valence-electron chi connectivity index (χ1n) is 7.04. The van der Waals surface area contributed by atoms with E-state index in [0.717, 1.165) is 5.75 Å². The highest BCUT2D eigenvalue weighted by Crippen LogP contribution is 2.36. The fourth-order valence-electron chi connectivity index (χ4n) is 2.56. The van der Waals surface area contributed by atoms with Crippen molar-refractivity contribution in [3.8, 4) is 5.75 Å². The van der Waals surface area contributed by atoms with E-state index in [9.17, 15) is 0 Å². The normalized spacial score (nSPS) is 14.4. The zero-order valence-corrected chi connectivity index (χ0v) is 14.9. The fourth-order valence-corrected chi connectivity index (χ4v) is 4.24. The summed E-state index contributed by atoms with van der Waals surface area (Å²) >= 11 is 0. The Labute approximate surface area is 125 Å². The Morgan fingerprint density at radius 2 is 1.40 bits per heavy atom. The van der Waals surface area contributed by atoms with Crippen LogP contribution >= 0.6 is 0 Å². The van der Waals surface area contributed by atoms with E-state index < -0.39 is 9.53 Å². The van der Waals surface area contributed by atoms with Crippen LogP contribution in [0.25, 0.3) is 0 Å². The van der Waals surface area contributed by atoms with Gasteiger partial charge in [0.1, 0.15) is 5.75 Å². The molecule has 20 heavy (non-hydrogen) atoms. The predicted molar refractivity (Wildman–Crippen MR) is 85.0 cm³/mol. The van der Waals surface area contributed by atoms with Gasteiger partial charge in [0.05, 0.1) is 6.10 Å². The Morgan fingerprint density at radius 1 is 0.900 bits per heavy atom. The Morgan fingerprint density at radius 3 is 1.80 bits per heavy atom. The summed E-state index contributed by atoms with van der Waals surface area (Å²) < 4.78 is 17.6. The van der Waals surface area contributed by atoms with Gasteiger partial charge in [0.15, 0.2) is 0 Å². The molecular weight excluding hydrogens is 268 g/mol. The van der Waals surface area contributed by atoms with Crippen LogP contribution in [0.5, 0.6) is 5.75 Å². The molecule has 1 rings (SSSR count). The zero-order valence-electron chi connectivity index (χ0n) is 13.8. The predicted octanol–water partition coefficient (Wildman–Crippen LogP) is 3.91.